The van der Waals surface area contributed by atoms with Crippen LogP contribution >= 0.6 is 0 Å². The van der Waals surface area contributed by atoms with E-state index in [0.717, 1.165) is 28.3 Å². The summed E-state index contributed by atoms with van der Waals surface area (Å²) in [6, 6.07) is 15.7. The molecule has 2 aromatic carbocycles. The van der Waals surface area contributed by atoms with Crippen LogP contribution in [0.15, 0.2) is 52.9 Å². The molecule has 1 atom stereocenters. The number of methoxy groups -OCH3 is 1. The molecule has 0 spiro atoms. The van der Waals surface area contributed by atoms with Crippen molar-refractivity contribution in [1.82, 2.24) is 9.88 Å². The van der Waals surface area contributed by atoms with Crippen molar-refractivity contribution in [2.75, 3.05) is 33.5 Å². The predicted octanol–water partition coefficient (Wildman–Crippen LogP) is 3.95. The van der Waals surface area contributed by atoms with E-state index < -0.39 is 0 Å². The number of rotatable bonds is 8. The molecule has 1 fully saturated rings. The number of benzene rings is 2. The molecule has 4 rings (SSSR count). The van der Waals surface area contributed by atoms with Crippen molar-refractivity contribution in [3.8, 4) is 17.2 Å². The summed E-state index contributed by atoms with van der Waals surface area (Å²) in [4.78, 5) is 18.7. The molecule has 2 heterocycles. The lowest BCUT2D eigenvalue weighted by molar-refractivity contribution is -0.153. The summed E-state index contributed by atoms with van der Waals surface area (Å²) in [5, 5.41) is 0. The molecular formula is C26H30N2O5. The van der Waals surface area contributed by atoms with Gasteiger partial charge in [0.25, 0.3) is 0 Å². The Kier molecular flexibility index (Phi) is 7.42. The summed E-state index contributed by atoms with van der Waals surface area (Å²) in [7, 11) is 1.41. The van der Waals surface area contributed by atoms with Crippen LogP contribution in [0, 0.1) is 13.8 Å². The van der Waals surface area contributed by atoms with E-state index in [1.165, 1.54) is 12.7 Å². The minimum absolute atomic E-state index is 0.261. The lowest BCUT2D eigenvalue weighted by Gasteiger charge is -2.33. The molecular weight excluding hydrogens is 420 g/mol. The first-order valence-corrected chi connectivity index (χ1v) is 11.2. The normalized spacial score (nSPS) is 16.5. The molecule has 7 nitrogen and oxygen atoms in total. The Morgan fingerprint density at radius 1 is 1.12 bits per heavy atom. The Morgan fingerprint density at radius 3 is 2.61 bits per heavy atom. The van der Waals surface area contributed by atoms with Crippen LogP contribution in [0.5, 0.6) is 5.75 Å². The number of carbonyl (C=O) groups is 1. The second-order valence-electron chi connectivity index (χ2n) is 8.21. The van der Waals surface area contributed by atoms with Gasteiger partial charge in [0.05, 0.1) is 32.6 Å². The third-order valence-electron chi connectivity index (χ3n) is 5.82. The Labute approximate surface area is 194 Å². The van der Waals surface area contributed by atoms with Gasteiger partial charge in [0.15, 0.2) is 0 Å². The van der Waals surface area contributed by atoms with Crippen molar-refractivity contribution < 1.29 is 23.4 Å². The molecule has 0 radical (unpaired) electrons. The van der Waals surface area contributed by atoms with Gasteiger partial charge in [0.1, 0.15) is 17.6 Å². The second kappa shape index (κ2) is 10.6. The monoisotopic (exact) mass is 450 g/mol. The Bertz CT molecular complexity index is 1060. The lowest BCUT2D eigenvalue weighted by atomic mass is 10.1. The van der Waals surface area contributed by atoms with Crippen LogP contribution in [0.3, 0.4) is 0 Å². The Hall–Kier alpha value is -3.16. The van der Waals surface area contributed by atoms with Crippen LogP contribution in [-0.4, -0.2) is 55.4 Å². The Morgan fingerprint density at radius 2 is 1.88 bits per heavy atom. The third kappa shape index (κ3) is 5.80. The number of ether oxygens (including phenoxy) is 3. The number of aryl methyl sites for hydroxylation is 2. The summed E-state index contributed by atoms with van der Waals surface area (Å²) in [6.07, 6.45) is 0.664. The van der Waals surface area contributed by atoms with Gasteiger partial charge in [-0.1, -0.05) is 29.8 Å². The molecule has 0 saturated carbocycles. The molecule has 0 bridgehead atoms. The number of hydrogen-bond acceptors (Lipinski definition) is 7. The number of nitrogens with zero attached hydrogens (tertiary/aromatic N) is 2. The lowest BCUT2D eigenvalue weighted by Crippen LogP contribution is -2.49. The maximum absolute atomic E-state index is 12.0. The molecule has 0 N–H and O–H groups in total. The topological polar surface area (TPSA) is 74.0 Å². The van der Waals surface area contributed by atoms with Crippen molar-refractivity contribution in [3.63, 3.8) is 0 Å². The van der Waals surface area contributed by atoms with Crippen molar-refractivity contribution in [2.45, 2.75) is 32.9 Å². The maximum atomic E-state index is 12.0. The van der Waals surface area contributed by atoms with Crippen molar-refractivity contribution in [3.05, 3.63) is 71.1 Å². The minimum Gasteiger partial charge on any atom is -0.493 e. The highest BCUT2D eigenvalue weighted by atomic mass is 16.5. The highest BCUT2D eigenvalue weighted by molar-refractivity contribution is 5.75. The number of morpholine rings is 1. The zero-order chi connectivity index (χ0) is 23.2. The number of esters is 1. The Balaban J connectivity index is 1.30. The largest absolute Gasteiger partial charge is 0.493 e. The molecule has 1 aliphatic heterocycles. The molecule has 3 aromatic rings. The fourth-order valence-corrected chi connectivity index (χ4v) is 3.85. The molecule has 7 heteroatoms. The molecule has 1 aliphatic rings. The summed E-state index contributed by atoms with van der Waals surface area (Å²) >= 11 is 0. The number of hydrogen-bond donors (Lipinski definition) is 0. The number of aromatic nitrogens is 1. The van der Waals surface area contributed by atoms with Crippen molar-refractivity contribution >= 4 is 5.97 Å². The van der Waals surface area contributed by atoms with Gasteiger partial charge in [-0.2, -0.15) is 0 Å². The quantitative estimate of drug-likeness (QED) is 0.481. The highest BCUT2D eigenvalue weighted by Gasteiger charge is 2.30. The summed E-state index contributed by atoms with van der Waals surface area (Å²) in [5.41, 5.74) is 4.19. The van der Waals surface area contributed by atoms with Gasteiger partial charge < -0.3 is 18.6 Å². The van der Waals surface area contributed by atoms with Gasteiger partial charge in [-0.25, -0.2) is 4.98 Å². The molecule has 0 aliphatic carbocycles. The second-order valence-corrected chi connectivity index (χ2v) is 8.21. The van der Waals surface area contributed by atoms with Crippen LogP contribution < -0.4 is 4.74 Å². The van der Waals surface area contributed by atoms with Crippen molar-refractivity contribution in [1.29, 1.82) is 0 Å². The first-order valence-electron chi connectivity index (χ1n) is 11.2. The van der Waals surface area contributed by atoms with E-state index in [2.05, 4.69) is 28.9 Å². The predicted molar refractivity (Wildman–Crippen MR) is 124 cm³/mol. The van der Waals surface area contributed by atoms with Crippen LogP contribution in [0.25, 0.3) is 11.5 Å². The fourth-order valence-electron chi connectivity index (χ4n) is 3.85. The first kappa shape index (κ1) is 23.0. The van der Waals surface area contributed by atoms with E-state index in [-0.39, 0.29) is 12.0 Å². The van der Waals surface area contributed by atoms with E-state index in [1.54, 1.807) is 0 Å². The number of carbonyl (C=O) groups excluding carboxylic acids is 1. The van der Waals surface area contributed by atoms with Gasteiger partial charge >= 0.3 is 5.97 Å². The van der Waals surface area contributed by atoms with Gasteiger partial charge in [0.2, 0.25) is 5.89 Å². The molecule has 0 amide bonds. The van der Waals surface area contributed by atoms with Crippen LogP contribution in [0.4, 0.5) is 0 Å². The first-order chi connectivity index (χ1) is 16.0. The summed E-state index contributed by atoms with van der Waals surface area (Å²) in [5.74, 6) is 1.99. The van der Waals surface area contributed by atoms with E-state index in [1.807, 2.05) is 43.3 Å². The van der Waals surface area contributed by atoms with Gasteiger partial charge in [-0.3, -0.25) is 9.69 Å². The molecule has 1 saturated heterocycles. The molecule has 174 valence electrons. The summed E-state index contributed by atoms with van der Waals surface area (Å²) < 4.78 is 22.1. The highest BCUT2D eigenvalue weighted by Crippen LogP contribution is 2.23. The third-order valence-corrected chi connectivity index (χ3v) is 5.82. The maximum Gasteiger partial charge on any atom is 0.325 e. The van der Waals surface area contributed by atoms with E-state index >= 15 is 0 Å². The average molecular weight is 451 g/mol. The zero-order valence-corrected chi connectivity index (χ0v) is 19.4. The van der Waals surface area contributed by atoms with Crippen molar-refractivity contribution in [2.24, 2.45) is 0 Å². The summed E-state index contributed by atoms with van der Waals surface area (Å²) in [6.45, 7) is 6.82. The van der Waals surface area contributed by atoms with Crippen LogP contribution in [0.1, 0.15) is 22.6 Å². The smallest absolute Gasteiger partial charge is 0.325 e. The molecule has 1 aromatic heterocycles. The molecule has 33 heavy (non-hydrogen) atoms. The van der Waals surface area contributed by atoms with Crippen LogP contribution in [0.2, 0.25) is 0 Å². The standard InChI is InChI=1S/C26H30N2O5/c1-18-4-8-21(9-5-18)25-27-23(19(2)33-25)12-14-32-22-10-6-20(7-11-22)16-28-13-15-31-17-24(28)26(29)30-3/h4-11,24H,12-17H2,1-3H3/t24-/m0/s1. The van der Waals surface area contributed by atoms with Gasteiger partial charge in [0, 0.05) is 25.1 Å². The van der Waals surface area contributed by atoms with E-state index in [4.69, 9.17) is 18.6 Å². The van der Waals surface area contributed by atoms with Gasteiger partial charge in [-0.15, -0.1) is 0 Å². The van der Waals surface area contributed by atoms with Gasteiger partial charge in [-0.05, 0) is 43.7 Å². The minimum atomic E-state index is -0.366. The zero-order valence-electron chi connectivity index (χ0n) is 19.4. The SMILES string of the molecule is COC(=O)[C@@H]1COCCN1Cc1ccc(OCCc2nc(-c3ccc(C)cc3)oc2C)cc1. The van der Waals surface area contributed by atoms with E-state index in [9.17, 15) is 4.79 Å². The average Bonchev–Trinajstić information content (AvgIpc) is 3.21. The van der Waals surface area contributed by atoms with E-state index in [0.29, 0.717) is 45.2 Å². The number of oxazole rings is 1. The molecule has 0 unspecified atom stereocenters. The fraction of sp³-hybridized carbons (Fsp3) is 0.385. The van der Waals surface area contributed by atoms with Crippen LogP contribution in [-0.2, 0) is 27.2 Å².